The second-order valence-corrected chi connectivity index (χ2v) is 3.80. The molecule has 2 aromatic rings. The number of thiazole rings is 1. The summed E-state index contributed by atoms with van der Waals surface area (Å²) in [6, 6.07) is 3.84. The minimum absolute atomic E-state index is 0.280. The zero-order chi connectivity index (χ0) is 9.26. The normalized spacial score (nSPS) is 10.8. The third-order valence-electron chi connectivity index (χ3n) is 1.94. The van der Waals surface area contributed by atoms with Crippen LogP contribution in [0, 0.1) is 0 Å². The van der Waals surface area contributed by atoms with Gasteiger partial charge in [0, 0.05) is 6.42 Å². The third kappa shape index (κ3) is 1.50. The summed E-state index contributed by atoms with van der Waals surface area (Å²) < 4.78 is 1.04. The van der Waals surface area contributed by atoms with E-state index >= 15 is 0 Å². The van der Waals surface area contributed by atoms with E-state index in [4.69, 9.17) is 0 Å². The minimum atomic E-state index is 0.280. The molecule has 0 saturated heterocycles. The fourth-order valence-corrected chi connectivity index (χ4v) is 2.11. The Morgan fingerprint density at radius 1 is 1.46 bits per heavy atom. The lowest BCUT2D eigenvalue weighted by molar-refractivity contribution is -0.366. The summed E-state index contributed by atoms with van der Waals surface area (Å²) >= 11 is 1.55. The van der Waals surface area contributed by atoms with Crippen LogP contribution in [-0.2, 0) is 6.42 Å². The van der Waals surface area contributed by atoms with E-state index in [1.807, 2.05) is 0 Å². The van der Waals surface area contributed by atoms with Gasteiger partial charge in [-0.25, -0.2) is 4.98 Å². The molecule has 4 heteroatoms. The van der Waals surface area contributed by atoms with Gasteiger partial charge in [0.15, 0.2) is 0 Å². The molecule has 1 heterocycles. The average molecular weight is 195 g/mol. The van der Waals surface area contributed by atoms with Crippen LogP contribution in [0.25, 0.3) is 10.2 Å². The van der Waals surface area contributed by atoms with Crippen molar-refractivity contribution in [1.82, 2.24) is 4.98 Å². The van der Waals surface area contributed by atoms with Gasteiger partial charge in [-0.2, -0.15) is 0 Å². The Kier molecular flexibility index (Phi) is 2.16. The molecule has 0 aliphatic carbocycles. The first-order valence-corrected chi connectivity index (χ1v) is 5.03. The maximum absolute atomic E-state index is 9.59. The van der Waals surface area contributed by atoms with E-state index in [1.165, 1.54) is 0 Å². The number of fused-ring (bicyclic) bond motifs is 1. The molecule has 2 rings (SSSR count). The Morgan fingerprint density at radius 2 is 2.31 bits per heavy atom. The Morgan fingerprint density at radius 3 is 3.08 bits per heavy atom. The molecular formula is C9H11N2OS+. The highest BCUT2D eigenvalue weighted by molar-refractivity contribution is 7.16. The Hall–Kier alpha value is -1.13. The van der Waals surface area contributed by atoms with Crippen molar-refractivity contribution in [3.63, 3.8) is 0 Å². The number of quaternary nitrogens is 1. The number of nitrogens with zero attached hydrogens (tertiary/aromatic N) is 1. The highest BCUT2D eigenvalue weighted by Gasteiger charge is 2.04. The molecule has 0 fully saturated rings. The Balaban J connectivity index is 2.56. The molecular weight excluding hydrogens is 184 g/mol. The number of hydrogen-bond donors (Lipinski definition) is 2. The number of phenolic OH excluding ortho intramolecular Hbond substituents is 1. The lowest BCUT2D eigenvalue weighted by Crippen LogP contribution is -2.51. The molecule has 0 aliphatic heterocycles. The number of benzene rings is 1. The first kappa shape index (κ1) is 8.47. The highest BCUT2D eigenvalue weighted by Crippen LogP contribution is 2.28. The Bertz CT molecular complexity index is 424. The summed E-state index contributed by atoms with van der Waals surface area (Å²) in [5, 5.41) is 9.59. The topological polar surface area (TPSA) is 60.8 Å². The van der Waals surface area contributed by atoms with Crippen molar-refractivity contribution in [1.29, 1.82) is 0 Å². The van der Waals surface area contributed by atoms with Crippen molar-refractivity contribution in [3.05, 3.63) is 23.2 Å². The second-order valence-electron chi connectivity index (χ2n) is 2.92. The van der Waals surface area contributed by atoms with Gasteiger partial charge in [-0.15, -0.1) is 11.3 Å². The molecule has 0 radical (unpaired) electrons. The number of phenols is 1. The SMILES string of the molecule is [NH3+]CCc1cc(O)c2ncsc2c1. The molecule has 0 atom stereocenters. The predicted molar refractivity (Wildman–Crippen MR) is 52.7 cm³/mol. The molecule has 0 unspecified atom stereocenters. The van der Waals surface area contributed by atoms with Crippen LogP contribution >= 0.6 is 11.3 Å². The lowest BCUT2D eigenvalue weighted by Gasteiger charge is -1.99. The summed E-state index contributed by atoms with van der Waals surface area (Å²) in [6.45, 7) is 0.851. The quantitative estimate of drug-likeness (QED) is 0.744. The van der Waals surface area contributed by atoms with Crippen LogP contribution < -0.4 is 5.73 Å². The van der Waals surface area contributed by atoms with E-state index in [-0.39, 0.29) is 5.75 Å². The van der Waals surface area contributed by atoms with Gasteiger partial charge in [0.25, 0.3) is 0 Å². The number of hydrogen-bond acceptors (Lipinski definition) is 3. The van der Waals surface area contributed by atoms with Crippen LogP contribution in [0.2, 0.25) is 0 Å². The van der Waals surface area contributed by atoms with Gasteiger partial charge in [-0.1, -0.05) is 0 Å². The fourth-order valence-electron chi connectivity index (χ4n) is 1.35. The molecule has 0 aliphatic rings. The van der Waals surface area contributed by atoms with Crippen LogP contribution in [-0.4, -0.2) is 16.6 Å². The summed E-state index contributed by atoms with van der Waals surface area (Å²) in [5.41, 5.74) is 7.37. The minimum Gasteiger partial charge on any atom is -0.506 e. The molecule has 4 N–H and O–H groups in total. The number of rotatable bonds is 2. The molecule has 0 amide bonds. The highest BCUT2D eigenvalue weighted by atomic mass is 32.1. The lowest BCUT2D eigenvalue weighted by atomic mass is 10.1. The summed E-state index contributed by atoms with van der Waals surface area (Å²) in [4.78, 5) is 4.07. The van der Waals surface area contributed by atoms with Crippen LogP contribution in [0.4, 0.5) is 0 Å². The molecule has 0 saturated carbocycles. The zero-order valence-corrected chi connectivity index (χ0v) is 7.97. The maximum Gasteiger partial charge on any atom is 0.142 e. The van der Waals surface area contributed by atoms with E-state index in [9.17, 15) is 5.11 Å². The Labute approximate surface area is 79.8 Å². The van der Waals surface area contributed by atoms with Gasteiger partial charge in [0.2, 0.25) is 0 Å². The van der Waals surface area contributed by atoms with Gasteiger partial charge >= 0.3 is 0 Å². The third-order valence-corrected chi connectivity index (χ3v) is 2.72. The van der Waals surface area contributed by atoms with Crippen LogP contribution in [0.5, 0.6) is 5.75 Å². The first-order valence-electron chi connectivity index (χ1n) is 4.15. The fraction of sp³-hybridized carbons (Fsp3) is 0.222. The number of aromatic nitrogens is 1. The molecule has 0 bridgehead atoms. The monoisotopic (exact) mass is 195 g/mol. The zero-order valence-electron chi connectivity index (χ0n) is 7.16. The van der Waals surface area contributed by atoms with Crippen molar-refractivity contribution in [2.75, 3.05) is 6.54 Å². The van der Waals surface area contributed by atoms with Crippen LogP contribution in [0.1, 0.15) is 5.56 Å². The van der Waals surface area contributed by atoms with E-state index in [2.05, 4.69) is 16.8 Å². The van der Waals surface area contributed by atoms with E-state index in [0.29, 0.717) is 5.52 Å². The van der Waals surface area contributed by atoms with Crippen molar-refractivity contribution >= 4 is 21.6 Å². The van der Waals surface area contributed by atoms with Crippen LogP contribution in [0.3, 0.4) is 0 Å². The molecule has 13 heavy (non-hydrogen) atoms. The molecule has 1 aromatic heterocycles. The van der Waals surface area contributed by atoms with Gasteiger partial charge < -0.3 is 10.8 Å². The van der Waals surface area contributed by atoms with Gasteiger partial charge in [0.1, 0.15) is 11.3 Å². The van der Waals surface area contributed by atoms with E-state index < -0.39 is 0 Å². The summed E-state index contributed by atoms with van der Waals surface area (Å²) in [5.74, 6) is 0.280. The standard InChI is InChI=1S/C9H10N2OS/c10-2-1-6-3-7(12)9-8(4-6)13-5-11-9/h3-5,12H,1-2,10H2/p+1. The predicted octanol–water partition coefficient (Wildman–Crippen LogP) is 0.786. The van der Waals surface area contributed by atoms with Crippen molar-refractivity contribution in [2.45, 2.75) is 6.42 Å². The molecule has 3 nitrogen and oxygen atoms in total. The molecule has 1 aromatic carbocycles. The van der Waals surface area contributed by atoms with Gasteiger partial charge in [-0.3, -0.25) is 0 Å². The average Bonchev–Trinajstić information content (AvgIpc) is 2.53. The largest absolute Gasteiger partial charge is 0.506 e. The van der Waals surface area contributed by atoms with E-state index in [1.54, 1.807) is 22.9 Å². The van der Waals surface area contributed by atoms with Crippen molar-refractivity contribution < 1.29 is 10.8 Å². The molecule has 68 valence electrons. The maximum atomic E-state index is 9.59. The first-order chi connectivity index (χ1) is 6.31. The van der Waals surface area contributed by atoms with Crippen molar-refractivity contribution in [3.8, 4) is 5.75 Å². The number of aromatic hydroxyl groups is 1. The summed E-state index contributed by atoms with van der Waals surface area (Å²) in [7, 11) is 0. The van der Waals surface area contributed by atoms with Gasteiger partial charge in [-0.05, 0) is 17.7 Å². The van der Waals surface area contributed by atoms with Crippen LogP contribution in [0.15, 0.2) is 17.6 Å². The smallest absolute Gasteiger partial charge is 0.142 e. The molecule has 0 spiro atoms. The van der Waals surface area contributed by atoms with Gasteiger partial charge in [0.05, 0.1) is 16.8 Å². The van der Waals surface area contributed by atoms with Crippen molar-refractivity contribution in [2.24, 2.45) is 0 Å². The summed E-state index contributed by atoms with van der Waals surface area (Å²) in [6.07, 6.45) is 0.904. The second kappa shape index (κ2) is 3.32. The van der Waals surface area contributed by atoms with E-state index in [0.717, 1.165) is 23.2 Å².